The maximum Gasteiger partial charge on any atom is 0.104 e. The Hall–Kier alpha value is -1.55. The Bertz CT molecular complexity index is 554. The van der Waals surface area contributed by atoms with Crippen LogP contribution in [0.2, 0.25) is 0 Å². The summed E-state index contributed by atoms with van der Waals surface area (Å²) in [5, 5.41) is 3.43. The van der Waals surface area contributed by atoms with E-state index in [0.717, 1.165) is 29.3 Å². The number of imidazole rings is 1. The second kappa shape index (κ2) is 5.21. The number of H-pyrrole nitrogens is 1. The molecule has 1 aromatic heterocycles. The molecular weight excluding hydrogens is 236 g/mol. The number of nitrogens with one attached hydrogen (secondary N) is 2. The van der Waals surface area contributed by atoms with Gasteiger partial charge in [0.2, 0.25) is 0 Å². The summed E-state index contributed by atoms with van der Waals surface area (Å²) in [6.07, 6.45) is 2.59. The second-order valence-corrected chi connectivity index (χ2v) is 5.59. The van der Waals surface area contributed by atoms with Crippen molar-refractivity contribution in [3.05, 3.63) is 24.0 Å². The van der Waals surface area contributed by atoms with E-state index in [9.17, 15) is 0 Å². The molecule has 1 saturated heterocycles. The molecule has 0 bridgehead atoms. The molecule has 2 N–H and O–H groups in total. The molecule has 0 radical (unpaired) electrons. The van der Waals surface area contributed by atoms with Gasteiger partial charge in [-0.25, -0.2) is 4.98 Å². The lowest BCUT2D eigenvalue weighted by atomic mass is 10.0. The molecule has 1 fully saturated rings. The first kappa shape index (κ1) is 12.5. The first-order valence-corrected chi connectivity index (χ1v) is 7.10. The van der Waals surface area contributed by atoms with E-state index in [-0.39, 0.29) is 0 Å². The smallest absolute Gasteiger partial charge is 0.104 e. The number of anilines is 1. The molecule has 102 valence electrons. The lowest BCUT2D eigenvalue weighted by molar-refractivity contribution is 0.534. The molecule has 1 atom stereocenters. The molecule has 2 heterocycles. The van der Waals surface area contributed by atoms with Crippen molar-refractivity contribution in [3.63, 3.8) is 0 Å². The molecule has 1 unspecified atom stereocenters. The lowest BCUT2D eigenvalue weighted by Crippen LogP contribution is -2.21. The minimum atomic E-state index is 0.848. The molecule has 0 amide bonds. The van der Waals surface area contributed by atoms with Gasteiger partial charge < -0.3 is 15.2 Å². The first-order valence-electron chi connectivity index (χ1n) is 7.10. The van der Waals surface area contributed by atoms with E-state index in [1.807, 2.05) is 6.92 Å². The largest absolute Gasteiger partial charge is 0.375 e. The van der Waals surface area contributed by atoms with Crippen molar-refractivity contribution in [2.24, 2.45) is 5.92 Å². The molecular formula is C15H22N4. The van der Waals surface area contributed by atoms with Crippen LogP contribution in [0.4, 0.5) is 5.69 Å². The molecule has 3 rings (SSSR count). The van der Waals surface area contributed by atoms with Crippen molar-refractivity contribution in [1.29, 1.82) is 0 Å². The number of hydrogen-bond donors (Lipinski definition) is 2. The van der Waals surface area contributed by atoms with E-state index in [1.165, 1.54) is 31.6 Å². The number of aromatic amines is 1. The van der Waals surface area contributed by atoms with Crippen LogP contribution in [0.3, 0.4) is 0 Å². The summed E-state index contributed by atoms with van der Waals surface area (Å²) in [5.74, 6) is 1.83. The van der Waals surface area contributed by atoms with Crippen LogP contribution in [-0.4, -0.2) is 36.6 Å². The van der Waals surface area contributed by atoms with Gasteiger partial charge in [-0.3, -0.25) is 0 Å². The highest BCUT2D eigenvalue weighted by Crippen LogP contribution is 2.21. The van der Waals surface area contributed by atoms with Crippen LogP contribution < -0.4 is 10.2 Å². The molecule has 0 aliphatic carbocycles. The number of fused-ring (bicyclic) bond motifs is 1. The van der Waals surface area contributed by atoms with Gasteiger partial charge >= 0.3 is 0 Å². The monoisotopic (exact) mass is 258 g/mol. The summed E-state index contributed by atoms with van der Waals surface area (Å²) in [4.78, 5) is 10.1. The van der Waals surface area contributed by atoms with Gasteiger partial charge in [-0.1, -0.05) is 0 Å². The number of hydrogen-bond acceptors (Lipinski definition) is 3. The van der Waals surface area contributed by atoms with Gasteiger partial charge in [0.25, 0.3) is 0 Å². The molecule has 0 spiro atoms. The predicted molar refractivity (Wildman–Crippen MR) is 79.7 cm³/mol. The van der Waals surface area contributed by atoms with Gasteiger partial charge in [0, 0.05) is 19.3 Å². The van der Waals surface area contributed by atoms with Crippen molar-refractivity contribution in [1.82, 2.24) is 15.3 Å². The van der Waals surface area contributed by atoms with E-state index in [2.05, 4.69) is 45.4 Å². The number of rotatable bonds is 4. The first-order chi connectivity index (χ1) is 9.22. The maximum atomic E-state index is 4.44. The van der Waals surface area contributed by atoms with Gasteiger partial charge in [-0.15, -0.1) is 0 Å². The van der Waals surface area contributed by atoms with E-state index in [4.69, 9.17) is 0 Å². The second-order valence-electron chi connectivity index (χ2n) is 5.59. The maximum absolute atomic E-state index is 4.44. The van der Waals surface area contributed by atoms with Gasteiger partial charge in [0.15, 0.2) is 0 Å². The lowest BCUT2D eigenvalue weighted by Gasteiger charge is -2.21. The average molecular weight is 258 g/mol. The zero-order chi connectivity index (χ0) is 13.2. The van der Waals surface area contributed by atoms with Crippen molar-refractivity contribution in [2.75, 3.05) is 31.6 Å². The Morgan fingerprint density at radius 2 is 2.32 bits per heavy atom. The fourth-order valence-corrected chi connectivity index (χ4v) is 2.83. The third kappa shape index (κ3) is 2.73. The molecule has 2 aromatic rings. The van der Waals surface area contributed by atoms with Gasteiger partial charge in [-0.05, 0) is 57.0 Å². The molecule has 4 heteroatoms. The van der Waals surface area contributed by atoms with Crippen LogP contribution in [0.15, 0.2) is 18.2 Å². The highest BCUT2D eigenvalue weighted by atomic mass is 15.1. The Morgan fingerprint density at radius 1 is 1.42 bits per heavy atom. The molecule has 1 aliphatic rings. The Kier molecular flexibility index (Phi) is 3.42. The fourth-order valence-electron chi connectivity index (χ4n) is 2.83. The molecule has 0 saturated carbocycles. The summed E-state index contributed by atoms with van der Waals surface area (Å²) in [6.45, 7) is 5.49. The summed E-state index contributed by atoms with van der Waals surface area (Å²) < 4.78 is 0. The van der Waals surface area contributed by atoms with Crippen molar-refractivity contribution >= 4 is 16.7 Å². The zero-order valence-electron chi connectivity index (χ0n) is 11.7. The van der Waals surface area contributed by atoms with Crippen molar-refractivity contribution < 1.29 is 0 Å². The summed E-state index contributed by atoms with van der Waals surface area (Å²) >= 11 is 0. The summed E-state index contributed by atoms with van der Waals surface area (Å²) in [6, 6.07) is 6.46. The van der Waals surface area contributed by atoms with Crippen molar-refractivity contribution in [2.45, 2.75) is 19.8 Å². The van der Waals surface area contributed by atoms with Crippen LogP contribution in [0.1, 0.15) is 18.7 Å². The molecule has 1 aromatic carbocycles. The standard InChI is InChI=1S/C15H22N4/c1-11-17-14-4-3-13(9-15(14)18-11)19(2)8-6-12-5-7-16-10-12/h3-4,9,12,16H,5-8,10H2,1-2H3,(H,17,18). The molecule has 19 heavy (non-hydrogen) atoms. The van der Waals surface area contributed by atoms with Gasteiger partial charge in [0.1, 0.15) is 5.82 Å². The van der Waals surface area contributed by atoms with Crippen molar-refractivity contribution in [3.8, 4) is 0 Å². The molecule has 4 nitrogen and oxygen atoms in total. The SMILES string of the molecule is Cc1nc2ccc(N(C)CCC3CCNC3)cc2[nH]1. The Morgan fingerprint density at radius 3 is 3.11 bits per heavy atom. The highest BCUT2D eigenvalue weighted by molar-refractivity contribution is 5.79. The number of aromatic nitrogens is 2. The number of benzene rings is 1. The third-order valence-corrected chi connectivity index (χ3v) is 4.06. The van der Waals surface area contributed by atoms with Crippen LogP contribution in [0.5, 0.6) is 0 Å². The summed E-state index contributed by atoms with van der Waals surface area (Å²) in [7, 11) is 2.17. The minimum absolute atomic E-state index is 0.848. The van der Waals surface area contributed by atoms with E-state index < -0.39 is 0 Å². The van der Waals surface area contributed by atoms with Crippen LogP contribution in [0.25, 0.3) is 11.0 Å². The average Bonchev–Trinajstić information content (AvgIpc) is 3.02. The van der Waals surface area contributed by atoms with E-state index in [0.29, 0.717) is 0 Å². The predicted octanol–water partition coefficient (Wildman–Crippen LogP) is 2.31. The third-order valence-electron chi connectivity index (χ3n) is 4.06. The minimum Gasteiger partial charge on any atom is -0.375 e. The highest BCUT2D eigenvalue weighted by Gasteiger charge is 2.15. The van der Waals surface area contributed by atoms with E-state index >= 15 is 0 Å². The Labute approximate surface area is 114 Å². The van der Waals surface area contributed by atoms with Gasteiger partial charge in [-0.2, -0.15) is 0 Å². The number of aryl methyl sites for hydroxylation is 1. The fraction of sp³-hybridized carbons (Fsp3) is 0.533. The van der Waals surface area contributed by atoms with Gasteiger partial charge in [0.05, 0.1) is 11.0 Å². The normalized spacial score (nSPS) is 19.2. The van der Waals surface area contributed by atoms with Crippen LogP contribution in [-0.2, 0) is 0 Å². The van der Waals surface area contributed by atoms with Crippen LogP contribution in [0, 0.1) is 12.8 Å². The van der Waals surface area contributed by atoms with Crippen LogP contribution >= 0.6 is 0 Å². The quantitative estimate of drug-likeness (QED) is 0.884. The number of nitrogens with zero attached hydrogens (tertiary/aromatic N) is 2. The zero-order valence-corrected chi connectivity index (χ0v) is 11.7. The molecule has 1 aliphatic heterocycles. The summed E-state index contributed by atoms with van der Waals surface area (Å²) in [5.41, 5.74) is 3.45. The van der Waals surface area contributed by atoms with E-state index in [1.54, 1.807) is 0 Å². The topological polar surface area (TPSA) is 44.0 Å². The Balaban J connectivity index is 1.67.